The van der Waals surface area contributed by atoms with Gasteiger partial charge >= 0.3 is 0 Å². The van der Waals surface area contributed by atoms with Crippen molar-refractivity contribution in [2.45, 2.75) is 47.0 Å². The zero-order valence-corrected chi connectivity index (χ0v) is 11.2. The number of hydrazine groups is 1. The van der Waals surface area contributed by atoms with Crippen molar-refractivity contribution in [3.63, 3.8) is 0 Å². The fourth-order valence-corrected chi connectivity index (χ4v) is 2.48. The summed E-state index contributed by atoms with van der Waals surface area (Å²) in [6.45, 7) is 8.21. The van der Waals surface area contributed by atoms with Crippen LogP contribution in [0.5, 0.6) is 0 Å². The van der Waals surface area contributed by atoms with Gasteiger partial charge in [0, 0.05) is 12.8 Å². The molecule has 0 bridgehead atoms. The predicted octanol–water partition coefficient (Wildman–Crippen LogP) is 0.430. The maximum absolute atomic E-state index is 11.0. The number of hydrogen-bond donors (Lipinski definition) is 4. The Balaban J connectivity index is 4.57. The van der Waals surface area contributed by atoms with E-state index in [2.05, 4.69) is 24.4 Å². The van der Waals surface area contributed by atoms with Gasteiger partial charge in [-0.15, -0.1) is 0 Å². The molecule has 0 aliphatic rings. The topological polar surface area (TPSA) is 120 Å². The summed E-state index contributed by atoms with van der Waals surface area (Å²) in [4.78, 5) is 11.0. The molecule has 0 aliphatic heterocycles. The van der Waals surface area contributed by atoms with E-state index < -0.39 is 0 Å². The van der Waals surface area contributed by atoms with Gasteiger partial charge in [0.25, 0.3) is 0 Å². The second-order valence-electron chi connectivity index (χ2n) is 6.05. The lowest BCUT2D eigenvalue weighted by molar-refractivity contribution is -0.120. The van der Waals surface area contributed by atoms with Crippen LogP contribution in [0.25, 0.3) is 0 Å². The van der Waals surface area contributed by atoms with E-state index in [0.29, 0.717) is 18.7 Å². The summed E-state index contributed by atoms with van der Waals surface area (Å²) < 4.78 is 0. The van der Waals surface area contributed by atoms with Crippen molar-refractivity contribution >= 4 is 11.7 Å². The van der Waals surface area contributed by atoms with Crippen LogP contribution in [0, 0.1) is 10.8 Å². The summed E-state index contributed by atoms with van der Waals surface area (Å²) in [6, 6.07) is 0. The summed E-state index contributed by atoms with van der Waals surface area (Å²) in [5.74, 6) is 10.8. The second-order valence-corrected chi connectivity index (χ2v) is 6.05. The maximum Gasteiger partial charge on any atom is 0.217 e. The number of hydrazone groups is 1. The fourth-order valence-electron chi connectivity index (χ4n) is 2.48. The third-order valence-corrected chi connectivity index (χ3v) is 2.58. The van der Waals surface area contributed by atoms with E-state index in [1.165, 1.54) is 0 Å². The molecule has 0 aromatic heterocycles. The molecule has 0 heterocycles. The van der Waals surface area contributed by atoms with Gasteiger partial charge in [-0.2, -0.15) is 5.10 Å². The molecule has 0 fully saturated rings. The van der Waals surface area contributed by atoms with Gasteiger partial charge in [-0.25, -0.2) is 5.84 Å². The summed E-state index contributed by atoms with van der Waals surface area (Å²) in [5, 5.41) is 3.57. The van der Waals surface area contributed by atoms with Gasteiger partial charge in [0.2, 0.25) is 5.91 Å². The average Bonchev–Trinajstić information content (AvgIpc) is 2.09. The van der Waals surface area contributed by atoms with Crippen molar-refractivity contribution in [1.82, 2.24) is 5.43 Å². The second kappa shape index (κ2) is 5.86. The number of carbonyl (C=O) groups is 1. The molecule has 1 amide bonds. The first-order chi connectivity index (χ1) is 7.62. The number of primary amides is 1. The first-order valence-corrected chi connectivity index (χ1v) is 5.63. The number of nitrogens with two attached hydrogens (primary N) is 3. The Labute approximate surface area is 103 Å². The van der Waals surface area contributed by atoms with Crippen molar-refractivity contribution in [3.8, 4) is 0 Å². The van der Waals surface area contributed by atoms with Gasteiger partial charge in [0.1, 0.15) is 5.84 Å². The van der Waals surface area contributed by atoms with E-state index in [4.69, 9.17) is 17.4 Å². The Morgan fingerprint density at radius 2 is 1.65 bits per heavy atom. The number of carbonyl (C=O) groups excluding carboxylic acids is 1. The molecule has 0 saturated carbocycles. The molecule has 0 saturated heterocycles. The molecule has 0 aliphatic carbocycles. The lowest BCUT2D eigenvalue weighted by atomic mass is 9.71. The molecule has 0 rings (SSSR count). The van der Waals surface area contributed by atoms with Crippen molar-refractivity contribution in [2.24, 2.45) is 33.4 Å². The Morgan fingerprint density at radius 3 is 2.00 bits per heavy atom. The Morgan fingerprint density at radius 1 is 1.18 bits per heavy atom. The fraction of sp³-hybridized carbons (Fsp3) is 0.818. The highest BCUT2D eigenvalue weighted by Gasteiger charge is 2.31. The molecule has 0 aromatic carbocycles. The molecule has 0 atom stereocenters. The van der Waals surface area contributed by atoms with Gasteiger partial charge in [-0.05, 0) is 17.3 Å². The van der Waals surface area contributed by atoms with Crippen molar-refractivity contribution in [2.75, 3.05) is 0 Å². The normalized spacial score (nSPS) is 13.6. The third-order valence-electron chi connectivity index (χ3n) is 2.58. The van der Waals surface area contributed by atoms with Crippen LogP contribution >= 0.6 is 0 Å². The third kappa shape index (κ3) is 6.78. The van der Waals surface area contributed by atoms with Crippen molar-refractivity contribution < 1.29 is 4.79 Å². The molecular formula is C11H25N5O. The summed E-state index contributed by atoms with van der Waals surface area (Å²) in [7, 11) is 0. The van der Waals surface area contributed by atoms with Crippen LogP contribution in [0.4, 0.5) is 0 Å². The molecule has 6 heteroatoms. The van der Waals surface area contributed by atoms with Crippen LogP contribution in [-0.4, -0.2) is 11.7 Å². The number of hydrogen-bond acceptors (Lipinski definition) is 4. The zero-order chi connectivity index (χ0) is 13.7. The number of nitrogens with one attached hydrogen (secondary N) is 1. The number of amides is 1. The molecule has 0 unspecified atom stereocenters. The highest BCUT2D eigenvalue weighted by atomic mass is 16.1. The summed E-state index contributed by atoms with van der Waals surface area (Å²) >= 11 is 0. The van der Waals surface area contributed by atoms with Gasteiger partial charge in [0.05, 0.1) is 0 Å². The number of rotatable bonds is 6. The quantitative estimate of drug-likeness (QED) is 0.234. The molecule has 17 heavy (non-hydrogen) atoms. The van der Waals surface area contributed by atoms with Gasteiger partial charge in [-0.1, -0.05) is 27.7 Å². The Kier molecular flexibility index (Phi) is 5.41. The highest BCUT2D eigenvalue weighted by molar-refractivity contribution is 5.81. The molecule has 7 N–H and O–H groups in total. The van der Waals surface area contributed by atoms with E-state index in [1.54, 1.807) is 0 Å². The van der Waals surface area contributed by atoms with Crippen molar-refractivity contribution in [1.29, 1.82) is 0 Å². The van der Waals surface area contributed by atoms with E-state index in [0.717, 1.165) is 6.42 Å². The van der Waals surface area contributed by atoms with Crippen LogP contribution in [0.2, 0.25) is 0 Å². The van der Waals surface area contributed by atoms with Crippen molar-refractivity contribution in [3.05, 3.63) is 0 Å². The average molecular weight is 243 g/mol. The highest BCUT2D eigenvalue weighted by Crippen LogP contribution is 2.38. The molecule has 0 aromatic rings. The zero-order valence-electron chi connectivity index (χ0n) is 11.2. The number of amidine groups is 1. The van der Waals surface area contributed by atoms with Crippen LogP contribution in [0.1, 0.15) is 47.0 Å². The van der Waals surface area contributed by atoms with Gasteiger partial charge in [0.15, 0.2) is 0 Å². The van der Waals surface area contributed by atoms with Crippen LogP contribution in [-0.2, 0) is 4.79 Å². The summed E-state index contributed by atoms with van der Waals surface area (Å²) in [5.41, 5.74) is 7.49. The van der Waals surface area contributed by atoms with Crippen LogP contribution in [0.15, 0.2) is 5.10 Å². The van der Waals surface area contributed by atoms with E-state index in [-0.39, 0.29) is 16.7 Å². The minimum absolute atomic E-state index is 0.0659. The van der Waals surface area contributed by atoms with E-state index >= 15 is 0 Å². The minimum atomic E-state index is -0.282. The maximum atomic E-state index is 11.0. The number of nitrogens with zero attached hydrogens (tertiary/aromatic N) is 1. The van der Waals surface area contributed by atoms with Gasteiger partial charge < -0.3 is 17.0 Å². The standard InChI is InChI=1S/C11H25N5O/c1-10(2,5-8(12)17)7-11(3,4)6-9(15-13)16-14/h5-7,13-14H2,1-4H3,(H2,12,17)(H,15,16). The molecule has 6 nitrogen and oxygen atoms in total. The first-order valence-electron chi connectivity index (χ1n) is 5.63. The first kappa shape index (κ1) is 15.7. The molecule has 0 spiro atoms. The Hall–Kier alpha value is -1.30. The monoisotopic (exact) mass is 243 g/mol. The Bertz CT molecular complexity index is 296. The predicted molar refractivity (Wildman–Crippen MR) is 69.6 cm³/mol. The van der Waals surface area contributed by atoms with Gasteiger partial charge in [-0.3, -0.25) is 4.79 Å². The SMILES string of the molecule is CC(C)(CC(N)=O)CC(C)(C)C/C(=N/N)NN. The molecule has 0 radical (unpaired) electrons. The molecular weight excluding hydrogens is 218 g/mol. The van der Waals surface area contributed by atoms with Crippen LogP contribution < -0.4 is 22.8 Å². The smallest absolute Gasteiger partial charge is 0.217 e. The minimum Gasteiger partial charge on any atom is -0.370 e. The van der Waals surface area contributed by atoms with E-state index in [1.807, 2.05) is 13.8 Å². The lowest BCUT2D eigenvalue weighted by Gasteiger charge is -2.34. The largest absolute Gasteiger partial charge is 0.370 e. The van der Waals surface area contributed by atoms with Crippen LogP contribution in [0.3, 0.4) is 0 Å². The lowest BCUT2D eigenvalue weighted by Crippen LogP contribution is -2.37. The molecule has 100 valence electrons. The van der Waals surface area contributed by atoms with E-state index in [9.17, 15) is 4.79 Å². The summed E-state index contributed by atoms with van der Waals surface area (Å²) in [6.07, 6.45) is 1.81.